The van der Waals surface area contributed by atoms with Gasteiger partial charge in [-0.05, 0) is 73.0 Å². The Morgan fingerprint density at radius 2 is 0.974 bits per heavy atom. The molecule has 1 aromatic carbocycles. The lowest BCUT2D eigenvalue weighted by atomic mass is 9.75. The molecule has 0 bridgehead atoms. The number of hydrogen-bond donors (Lipinski definition) is 0. The smallest absolute Gasteiger partial charge is 0.377 e. The van der Waals surface area contributed by atoms with Gasteiger partial charge in [-0.3, -0.25) is 0 Å². The number of rotatable bonds is 7. The molecule has 0 amide bonds. The van der Waals surface area contributed by atoms with E-state index in [1.807, 2.05) is 0 Å². The minimum Gasteiger partial charge on any atom is -0.377 e. The van der Waals surface area contributed by atoms with Crippen LogP contribution in [0.25, 0.3) is 0 Å². The van der Waals surface area contributed by atoms with E-state index >= 15 is 0 Å². The molecule has 1 aromatic rings. The molecule has 38 heavy (non-hydrogen) atoms. The lowest BCUT2D eigenvalue weighted by Crippen LogP contribution is -2.47. The predicted octanol–water partition coefficient (Wildman–Crippen LogP) is 8.02. The summed E-state index contributed by atoms with van der Waals surface area (Å²) in [6.07, 6.45) is 13.0. The predicted molar refractivity (Wildman–Crippen MR) is 133 cm³/mol. The third-order valence-electron chi connectivity index (χ3n) is 8.44. The summed E-state index contributed by atoms with van der Waals surface area (Å²) in [6.45, 7) is 0. The monoisotopic (exact) mass is 586 g/mol. The maximum atomic E-state index is 14.7. The van der Waals surface area contributed by atoms with Crippen molar-refractivity contribution in [2.45, 2.75) is 124 Å². The largest absolute Gasteiger partial charge is 0.504 e. The summed E-state index contributed by atoms with van der Waals surface area (Å²) in [5.41, 5.74) is -4.70. The van der Waals surface area contributed by atoms with Gasteiger partial charge in [0.15, 0.2) is 0 Å². The summed E-state index contributed by atoms with van der Waals surface area (Å²) in [6, 6.07) is 3.58. The molecular weight excluding hydrogens is 551 g/mol. The Morgan fingerprint density at radius 1 is 0.605 bits per heavy atom. The molecular formula is C26H35F5O5S2. The summed E-state index contributed by atoms with van der Waals surface area (Å²) >= 11 is 0. The first-order valence-corrected chi connectivity index (χ1v) is 16.5. The van der Waals surface area contributed by atoms with Crippen molar-refractivity contribution in [3.05, 3.63) is 28.8 Å². The highest BCUT2D eigenvalue weighted by atomic mass is 32.3. The number of benzene rings is 1. The molecule has 0 saturated heterocycles. The van der Waals surface area contributed by atoms with Crippen LogP contribution < -0.4 is 4.18 Å². The highest BCUT2D eigenvalue weighted by Crippen LogP contribution is 2.49. The van der Waals surface area contributed by atoms with Gasteiger partial charge in [-0.1, -0.05) is 69.9 Å². The second kappa shape index (κ2) is 11.2. The first-order valence-electron chi connectivity index (χ1n) is 13.6. The van der Waals surface area contributed by atoms with Gasteiger partial charge < -0.3 is 4.18 Å². The number of hydrogen-bond acceptors (Lipinski definition) is 5. The van der Waals surface area contributed by atoms with E-state index in [1.165, 1.54) is 0 Å². The van der Waals surface area contributed by atoms with Gasteiger partial charge in [-0.25, -0.2) is 8.42 Å². The minimum absolute atomic E-state index is 0.214. The van der Waals surface area contributed by atoms with Crippen LogP contribution in [0.1, 0.15) is 131 Å². The van der Waals surface area contributed by atoms with E-state index in [2.05, 4.69) is 0 Å². The SMILES string of the molecule is O=S(=O)(Oc1c(C2CCCCC2)cc(C2CCCCC2)cc1C1CCCCC1)C(F)(F)S(=O)(=O)C(F)(F)F. The molecule has 3 aliphatic carbocycles. The fourth-order valence-corrected chi connectivity index (χ4v) is 8.57. The van der Waals surface area contributed by atoms with Crippen LogP contribution in [-0.2, 0) is 20.0 Å². The Morgan fingerprint density at radius 3 is 1.34 bits per heavy atom. The normalized spacial score (nSPS) is 21.9. The molecule has 0 radical (unpaired) electrons. The standard InChI is InChI=1S/C26H35F5O5S2/c27-25(28,29)37(32,33)26(30,31)38(34,35)36-24-22(19-12-6-2-7-13-19)16-21(18-10-4-1-5-11-18)17-23(24)20-14-8-3-9-15-20/h16-20H,1-15H2. The molecule has 0 spiro atoms. The zero-order valence-corrected chi connectivity index (χ0v) is 22.9. The summed E-state index contributed by atoms with van der Waals surface area (Å²) in [5, 5.41) is 0. The van der Waals surface area contributed by atoms with Gasteiger partial charge >= 0.3 is 30.1 Å². The second-order valence-corrected chi connectivity index (χ2v) is 14.8. The van der Waals surface area contributed by atoms with Gasteiger partial charge in [0.2, 0.25) is 0 Å². The Hall–Kier alpha value is -1.43. The Labute approximate surface area is 221 Å². The zero-order chi connectivity index (χ0) is 27.8. The van der Waals surface area contributed by atoms with Crippen LogP contribution in [-0.4, -0.2) is 26.9 Å². The summed E-state index contributed by atoms with van der Waals surface area (Å²) in [5.74, 6) is -0.605. The van der Waals surface area contributed by atoms with E-state index in [-0.39, 0.29) is 23.5 Å². The van der Waals surface area contributed by atoms with Crippen LogP contribution in [0.4, 0.5) is 22.0 Å². The minimum atomic E-state index is -7.40. The maximum Gasteiger partial charge on any atom is 0.504 e. The molecule has 3 fully saturated rings. The molecule has 3 saturated carbocycles. The highest BCUT2D eigenvalue weighted by Gasteiger charge is 2.71. The van der Waals surface area contributed by atoms with Gasteiger partial charge in [0, 0.05) is 0 Å². The van der Waals surface area contributed by atoms with Gasteiger partial charge in [0.25, 0.3) is 0 Å². The van der Waals surface area contributed by atoms with Crippen molar-refractivity contribution < 1.29 is 43.0 Å². The van der Waals surface area contributed by atoms with Crippen molar-refractivity contribution in [2.24, 2.45) is 0 Å². The van der Waals surface area contributed by atoms with Gasteiger partial charge in [-0.15, -0.1) is 0 Å². The third-order valence-corrected chi connectivity index (χ3v) is 11.9. The third kappa shape index (κ3) is 5.71. The fourth-order valence-electron chi connectivity index (χ4n) is 6.33. The molecule has 0 atom stereocenters. The Balaban J connectivity index is 1.87. The van der Waals surface area contributed by atoms with Crippen molar-refractivity contribution in [1.82, 2.24) is 0 Å². The number of alkyl halides is 5. The van der Waals surface area contributed by atoms with E-state index in [1.54, 1.807) is 12.1 Å². The van der Waals surface area contributed by atoms with Crippen LogP contribution in [0.5, 0.6) is 5.75 Å². The van der Waals surface area contributed by atoms with Crippen molar-refractivity contribution in [2.75, 3.05) is 0 Å². The zero-order valence-electron chi connectivity index (χ0n) is 21.2. The second-order valence-electron chi connectivity index (χ2n) is 11.0. The van der Waals surface area contributed by atoms with Crippen molar-refractivity contribution >= 4 is 20.0 Å². The Bertz CT molecular complexity index is 1150. The molecule has 0 aliphatic heterocycles. The average molecular weight is 587 g/mol. The summed E-state index contributed by atoms with van der Waals surface area (Å²) in [4.78, 5) is 0. The van der Waals surface area contributed by atoms with Gasteiger partial charge in [0.05, 0.1) is 0 Å². The average Bonchev–Trinajstić information content (AvgIpc) is 2.89. The van der Waals surface area contributed by atoms with Crippen molar-refractivity contribution in [3.8, 4) is 5.75 Å². The summed E-state index contributed by atoms with van der Waals surface area (Å²) < 4.78 is 116. The van der Waals surface area contributed by atoms with Crippen LogP contribution in [0.3, 0.4) is 0 Å². The van der Waals surface area contributed by atoms with Crippen molar-refractivity contribution in [3.63, 3.8) is 0 Å². The number of sulfone groups is 1. The number of halogens is 5. The first kappa shape index (κ1) is 29.6. The van der Waals surface area contributed by atoms with Crippen molar-refractivity contribution in [1.29, 1.82) is 0 Å². The Kier molecular flexibility index (Phi) is 8.72. The maximum absolute atomic E-state index is 14.7. The highest BCUT2D eigenvalue weighted by molar-refractivity contribution is 8.08. The topological polar surface area (TPSA) is 77.5 Å². The van der Waals surface area contributed by atoms with Crippen LogP contribution >= 0.6 is 0 Å². The van der Waals surface area contributed by atoms with E-state index in [9.17, 15) is 38.8 Å². The molecule has 0 aromatic heterocycles. The van der Waals surface area contributed by atoms with Gasteiger partial charge in [-0.2, -0.15) is 30.4 Å². The van der Waals surface area contributed by atoms with Crippen LogP contribution in [0.2, 0.25) is 0 Å². The molecule has 4 rings (SSSR count). The van der Waals surface area contributed by atoms with Crippen LogP contribution in [0, 0.1) is 0 Å². The van der Waals surface area contributed by atoms with Crippen LogP contribution in [0.15, 0.2) is 12.1 Å². The van der Waals surface area contributed by atoms with Gasteiger partial charge in [0.1, 0.15) is 5.75 Å². The summed E-state index contributed by atoms with van der Waals surface area (Å²) in [7, 11) is -14.0. The lowest BCUT2D eigenvalue weighted by Gasteiger charge is -2.32. The van der Waals surface area contributed by atoms with E-state index in [0.717, 1.165) is 76.2 Å². The van der Waals surface area contributed by atoms with E-state index in [4.69, 9.17) is 4.18 Å². The first-order chi connectivity index (χ1) is 17.8. The molecule has 0 N–H and O–H groups in total. The molecule has 3 aliphatic rings. The molecule has 0 heterocycles. The quantitative estimate of drug-likeness (QED) is 0.239. The van der Waals surface area contributed by atoms with E-state index < -0.39 is 30.1 Å². The molecule has 216 valence electrons. The molecule has 5 nitrogen and oxygen atoms in total. The lowest BCUT2D eigenvalue weighted by molar-refractivity contribution is -0.0509. The fraction of sp³-hybridized carbons (Fsp3) is 0.769. The molecule has 0 unspecified atom stereocenters. The molecule has 12 heteroatoms. The van der Waals surface area contributed by atoms with E-state index in [0.29, 0.717) is 36.8 Å².